The Morgan fingerprint density at radius 1 is 1.19 bits per heavy atom. The molecule has 4 rings (SSSR count). The quantitative estimate of drug-likeness (QED) is 0.483. The van der Waals surface area contributed by atoms with Gasteiger partial charge in [0.2, 0.25) is 0 Å². The second-order valence-corrected chi connectivity index (χ2v) is 6.21. The lowest BCUT2D eigenvalue weighted by molar-refractivity contribution is -0.0565. The highest BCUT2D eigenvalue weighted by atomic mass is 16.6. The molecule has 3 heterocycles. The van der Waals surface area contributed by atoms with Crippen LogP contribution in [0.5, 0.6) is 5.75 Å². The number of aromatic nitrogens is 4. The molecule has 1 saturated heterocycles. The van der Waals surface area contributed by atoms with Crippen LogP contribution in [0.15, 0.2) is 30.6 Å². The Kier molecular flexibility index (Phi) is 4.40. The van der Waals surface area contributed by atoms with E-state index in [1.165, 1.54) is 11.0 Å². The lowest BCUT2D eigenvalue weighted by Gasteiger charge is -2.15. The largest absolute Gasteiger partial charge is 0.497 e. The minimum Gasteiger partial charge on any atom is -0.497 e. The maximum Gasteiger partial charge on any atom is 0.181 e. The highest BCUT2D eigenvalue weighted by Crippen LogP contribution is 2.36. The van der Waals surface area contributed by atoms with Gasteiger partial charge < -0.3 is 30.5 Å². The van der Waals surface area contributed by atoms with Gasteiger partial charge in [0, 0.05) is 5.56 Å². The molecule has 4 atom stereocenters. The second-order valence-electron chi connectivity index (χ2n) is 6.21. The smallest absolute Gasteiger partial charge is 0.181 e. The van der Waals surface area contributed by atoms with Crippen molar-refractivity contribution in [1.82, 2.24) is 19.7 Å². The summed E-state index contributed by atoms with van der Waals surface area (Å²) < 4.78 is 12.1. The Bertz CT molecular complexity index is 960. The molecule has 0 bridgehead atoms. The number of aliphatic hydroxyl groups is 3. The van der Waals surface area contributed by atoms with Crippen LogP contribution in [0.25, 0.3) is 22.3 Å². The van der Waals surface area contributed by atoms with Gasteiger partial charge in [0.1, 0.15) is 41.9 Å². The summed E-state index contributed by atoms with van der Waals surface area (Å²) in [7, 11) is 1.58. The first-order chi connectivity index (χ1) is 13.0. The van der Waals surface area contributed by atoms with Crippen LogP contribution in [0.2, 0.25) is 0 Å². The third-order valence-electron chi connectivity index (χ3n) is 4.64. The molecule has 27 heavy (non-hydrogen) atoms. The summed E-state index contributed by atoms with van der Waals surface area (Å²) in [5.41, 5.74) is 7.65. The molecule has 0 saturated carbocycles. The Morgan fingerprint density at radius 2 is 1.93 bits per heavy atom. The molecule has 10 nitrogen and oxygen atoms in total. The fourth-order valence-corrected chi connectivity index (χ4v) is 3.21. The van der Waals surface area contributed by atoms with E-state index in [1.807, 2.05) is 12.1 Å². The van der Waals surface area contributed by atoms with Gasteiger partial charge >= 0.3 is 0 Å². The van der Waals surface area contributed by atoms with Crippen molar-refractivity contribution >= 4 is 16.9 Å². The van der Waals surface area contributed by atoms with E-state index in [2.05, 4.69) is 15.1 Å². The van der Waals surface area contributed by atoms with Crippen LogP contribution in [0, 0.1) is 0 Å². The molecule has 1 aliphatic heterocycles. The summed E-state index contributed by atoms with van der Waals surface area (Å²) >= 11 is 0. The number of ether oxygens (including phenoxy) is 2. The van der Waals surface area contributed by atoms with E-state index in [9.17, 15) is 15.3 Å². The van der Waals surface area contributed by atoms with Crippen molar-refractivity contribution in [2.24, 2.45) is 0 Å². The number of nitrogens with two attached hydrogens (primary N) is 1. The number of hydrogen-bond acceptors (Lipinski definition) is 9. The van der Waals surface area contributed by atoms with Crippen molar-refractivity contribution < 1.29 is 24.8 Å². The third-order valence-corrected chi connectivity index (χ3v) is 4.64. The summed E-state index contributed by atoms with van der Waals surface area (Å²) in [4.78, 5) is 8.25. The van der Waals surface area contributed by atoms with E-state index in [1.54, 1.807) is 19.2 Å². The SMILES string of the molecule is COc1ccc(-c2nn([C@@H]3O[C@H](CO)[C@@H](O)[C@H]3O)c3ncnc(N)c23)cc1. The Hall–Kier alpha value is -2.79. The number of methoxy groups -OCH3 is 1. The zero-order valence-electron chi connectivity index (χ0n) is 14.4. The van der Waals surface area contributed by atoms with E-state index in [0.717, 1.165) is 5.56 Å². The number of fused-ring (bicyclic) bond motifs is 1. The predicted molar refractivity (Wildman–Crippen MR) is 94.7 cm³/mol. The van der Waals surface area contributed by atoms with Gasteiger partial charge in [-0.25, -0.2) is 14.6 Å². The molecule has 0 amide bonds. The molecule has 10 heteroatoms. The van der Waals surface area contributed by atoms with E-state index in [0.29, 0.717) is 22.5 Å². The number of hydrogen-bond donors (Lipinski definition) is 4. The molecule has 0 aliphatic carbocycles. The van der Waals surface area contributed by atoms with Crippen LogP contribution in [-0.4, -0.2) is 67.1 Å². The molecule has 3 aromatic rings. The van der Waals surface area contributed by atoms with Gasteiger partial charge in [-0.05, 0) is 24.3 Å². The number of benzene rings is 1. The van der Waals surface area contributed by atoms with Gasteiger partial charge in [-0.15, -0.1) is 0 Å². The molecule has 142 valence electrons. The highest BCUT2D eigenvalue weighted by Gasteiger charge is 2.44. The summed E-state index contributed by atoms with van der Waals surface area (Å²) in [6, 6.07) is 7.20. The maximum absolute atomic E-state index is 10.4. The van der Waals surface area contributed by atoms with E-state index >= 15 is 0 Å². The third kappa shape index (κ3) is 2.79. The van der Waals surface area contributed by atoms with Crippen molar-refractivity contribution in [3.63, 3.8) is 0 Å². The van der Waals surface area contributed by atoms with E-state index in [-0.39, 0.29) is 5.82 Å². The van der Waals surface area contributed by atoms with Gasteiger partial charge in [0.15, 0.2) is 11.9 Å². The molecule has 0 unspecified atom stereocenters. The van der Waals surface area contributed by atoms with Crippen LogP contribution >= 0.6 is 0 Å². The molecule has 1 aliphatic rings. The Morgan fingerprint density at radius 3 is 2.56 bits per heavy atom. The zero-order valence-corrected chi connectivity index (χ0v) is 14.4. The van der Waals surface area contributed by atoms with Crippen molar-refractivity contribution in [1.29, 1.82) is 0 Å². The van der Waals surface area contributed by atoms with Crippen molar-refractivity contribution in [3.05, 3.63) is 30.6 Å². The maximum atomic E-state index is 10.4. The fraction of sp³-hybridized carbons (Fsp3) is 0.353. The van der Waals surface area contributed by atoms with Crippen LogP contribution in [-0.2, 0) is 4.74 Å². The first-order valence-corrected chi connectivity index (χ1v) is 8.30. The minimum absolute atomic E-state index is 0.226. The van der Waals surface area contributed by atoms with Gasteiger partial charge in [-0.3, -0.25) is 0 Å². The summed E-state index contributed by atoms with van der Waals surface area (Å²) in [6.45, 7) is -0.434. The molecule has 1 fully saturated rings. The van der Waals surface area contributed by atoms with Crippen LogP contribution in [0.4, 0.5) is 5.82 Å². The van der Waals surface area contributed by atoms with Crippen molar-refractivity contribution in [2.45, 2.75) is 24.5 Å². The van der Waals surface area contributed by atoms with Gasteiger partial charge in [-0.1, -0.05) is 0 Å². The molecule has 1 aromatic carbocycles. The number of anilines is 1. The summed E-state index contributed by atoms with van der Waals surface area (Å²) in [5.74, 6) is 0.916. The van der Waals surface area contributed by atoms with Crippen LogP contribution < -0.4 is 10.5 Å². The molecule has 5 N–H and O–H groups in total. The molecule has 2 aromatic heterocycles. The first-order valence-electron chi connectivity index (χ1n) is 8.30. The lowest BCUT2D eigenvalue weighted by Crippen LogP contribution is -2.33. The van der Waals surface area contributed by atoms with E-state index < -0.39 is 31.1 Å². The number of nitrogen functional groups attached to an aromatic ring is 1. The fourth-order valence-electron chi connectivity index (χ4n) is 3.21. The Labute approximate surface area is 153 Å². The van der Waals surface area contributed by atoms with Crippen LogP contribution in [0.3, 0.4) is 0 Å². The number of nitrogens with zero attached hydrogens (tertiary/aromatic N) is 4. The molecule has 0 spiro atoms. The van der Waals surface area contributed by atoms with Crippen molar-refractivity contribution in [2.75, 3.05) is 19.5 Å². The summed E-state index contributed by atoms with van der Waals surface area (Å²) in [6.07, 6.45) is -3.20. The molecular weight excluding hydrogens is 354 g/mol. The minimum atomic E-state index is -1.29. The highest BCUT2D eigenvalue weighted by molar-refractivity contribution is 5.98. The number of rotatable bonds is 4. The van der Waals surface area contributed by atoms with Crippen molar-refractivity contribution in [3.8, 4) is 17.0 Å². The topological polar surface area (TPSA) is 149 Å². The molecule has 0 radical (unpaired) electrons. The predicted octanol–water partition coefficient (Wildman–Crippen LogP) is -0.304. The summed E-state index contributed by atoms with van der Waals surface area (Å²) in [5, 5.41) is 34.8. The second kappa shape index (κ2) is 6.74. The lowest BCUT2D eigenvalue weighted by atomic mass is 10.1. The average molecular weight is 373 g/mol. The standard InChI is InChI=1S/C17H19N5O5/c1-26-9-4-2-8(3-5-9)12-11-15(18)19-7-20-16(11)22(21-12)17-14(25)13(24)10(6-23)27-17/h2-5,7,10,13-14,17,23-25H,6H2,1H3,(H2,18,19,20)/t10-,13-,14-,17-/m1/s1. The zero-order chi connectivity index (χ0) is 19.1. The van der Waals surface area contributed by atoms with Gasteiger partial charge in [-0.2, -0.15) is 5.10 Å². The van der Waals surface area contributed by atoms with Gasteiger partial charge in [0.05, 0.1) is 19.1 Å². The average Bonchev–Trinajstić information content (AvgIpc) is 3.21. The van der Waals surface area contributed by atoms with Crippen LogP contribution in [0.1, 0.15) is 6.23 Å². The first kappa shape index (κ1) is 17.6. The molecular formula is C17H19N5O5. The van der Waals surface area contributed by atoms with Gasteiger partial charge in [0.25, 0.3) is 0 Å². The van der Waals surface area contributed by atoms with E-state index in [4.69, 9.17) is 15.2 Å². The Balaban J connectivity index is 1.87. The monoisotopic (exact) mass is 373 g/mol. The number of aliphatic hydroxyl groups excluding tert-OH is 3. The normalized spacial score (nSPS) is 25.2.